The van der Waals surface area contributed by atoms with Gasteiger partial charge >= 0.3 is 6.03 Å². The molecule has 10 heteroatoms. The first-order valence-electron chi connectivity index (χ1n) is 10.3. The van der Waals surface area contributed by atoms with Crippen LogP contribution >= 0.6 is 0 Å². The smallest absolute Gasteiger partial charge is 0.326 e. The summed E-state index contributed by atoms with van der Waals surface area (Å²) in [6.07, 6.45) is 1.44. The van der Waals surface area contributed by atoms with Crippen LogP contribution in [-0.4, -0.2) is 30.9 Å². The molecule has 32 heavy (non-hydrogen) atoms. The second-order valence-electron chi connectivity index (χ2n) is 8.83. The Labute approximate surface area is 185 Å². The van der Waals surface area contributed by atoms with Gasteiger partial charge < -0.3 is 15.6 Å². The fourth-order valence-electron chi connectivity index (χ4n) is 3.23. The molecule has 0 aliphatic heterocycles. The largest absolute Gasteiger partial charge is 0.383 e. The van der Waals surface area contributed by atoms with E-state index in [-0.39, 0.29) is 17.3 Å². The zero-order chi connectivity index (χ0) is 23.0. The van der Waals surface area contributed by atoms with E-state index < -0.39 is 6.03 Å². The van der Waals surface area contributed by atoms with E-state index in [1.54, 1.807) is 18.2 Å². The first-order chi connectivity index (χ1) is 15.1. The summed E-state index contributed by atoms with van der Waals surface area (Å²) in [5.41, 5.74) is 9.54. The summed E-state index contributed by atoms with van der Waals surface area (Å²) in [4.78, 5) is 20.8. The lowest BCUT2D eigenvalue weighted by Crippen LogP contribution is -2.19. The molecule has 4 rings (SSSR count). The molecule has 0 spiro atoms. The van der Waals surface area contributed by atoms with Crippen molar-refractivity contribution in [3.8, 4) is 11.3 Å². The fraction of sp³-hybridized carbons (Fsp3) is 0.318. The number of aromatic nitrogens is 5. The Bertz CT molecular complexity index is 1270. The topological polar surface area (TPSA) is 137 Å². The molecular weight excluding hydrogens is 408 g/mol. The summed E-state index contributed by atoms with van der Waals surface area (Å²) in [6.45, 7) is 10.1. The molecule has 0 unspecified atom stereocenters. The third kappa shape index (κ3) is 4.11. The minimum absolute atomic E-state index is 0.111. The number of amides is 2. The van der Waals surface area contributed by atoms with Crippen LogP contribution in [0.4, 0.5) is 22.2 Å². The molecule has 4 aromatic rings. The van der Waals surface area contributed by atoms with Crippen molar-refractivity contribution in [3.05, 3.63) is 42.4 Å². The van der Waals surface area contributed by atoms with Gasteiger partial charge in [-0.25, -0.2) is 19.4 Å². The van der Waals surface area contributed by atoms with Gasteiger partial charge in [-0.15, -0.1) is 0 Å². The minimum Gasteiger partial charge on any atom is -0.383 e. The summed E-state index contributed by atoms with van der Waals surface area (Å²) in [7, 11) is 0. The zero-order valence-corrected chi connectivity index (χ0v) is 18.7. The first kappa shape index (κ1) is 21.3. The fourth-order valence-corrected chi connectivity index (χ4v) is 3.23. The summed E-state index contributed by atoms with van der Waals surface area (Å²) < 4.78 is 7.02. The molecule has 3 aromatic heterocycles. The van der Waals surface area contributed by atoms with Gasteiger partial charge in [0.2, 0.25) is 5.88 Å². The summed E-state index contributed by atoms with van der Waals surface area (Å²) in [6, 6.07) is 8.69. The lowest BCUT2D eigenvalue weighted by atomic mass is 9.92. The van der Waals surface area contributed by atoms with Crippen LogP contribution < -0.4 is 16.4 Å². The van der Waals surface area contributed by atoms with Gasteiger partial charge in [-0.2, -0.15) is 5.10 Å². The van der Waals surface area contributed by atoms with E-state index in [1.807, 2.05) is 51.4 Å². The highest BCUT2D eigenvalue weighted by molar-refractivity contribution is 6.00. The Morgan fingerprint density at radius 3 is 2.47 bits per heavy atom. The third-order valence-electron chi connectivity index (χ3n) is 4.94. The van der Waals surface area contributed by atoms with E-state index in [0.29, 0.717) is 28.2 Å². The molecule has 166 valence electrons. The number of hydrogen-bond donors (Lipinski definition) is 3. The number of benzene rings is 1. The number of rotatable bonds is 4. The van der Waals surface area contributed by atoms with Gasteiger partial charge in [-0.1, -0.05) is 38.1 Å². The Hall–Kier alpha value is -3.95. The number of carbonyl (C=O) groups excluding carboxylic acids is 1. The molecule has 3 heterocycles. The number of carbonyl (C=O) groups is 1. The standard InChI is InChI=1S/C22H26N8O2/c1-12(2)30-20-17(19(23)24-11-25-20)18(28-30)13-6-8-14(9-7-13)26-21(31)27-16-10-15(29-32-16)22(3,4)5/h6-12H,1-5H3,(H2,23,24,25)(H2,26,27,31). The molecule has 2 amide bonds. The maximum absolute atomic E-state index is 12.3. The van der Waals surface area contributed by atoms with Crippen molar-refractivity contribution in [2.24, 2.45) is 0 Å². The number of urea groups is 1. The highest BCUT2D eigenvalue weighted by Gasteiger charge is 2.20. The average Bonchev–Trinajstić information content (AvgIpc) is 3.34. The second kappa shape index (κ2) is 7.95. The minimum atomic E-state index is -0.429. The summed E-state index contributed by atoms with van der Waals surface area (Å²) >= 11 is 0. The summed E-state index contributed by atoms with van der Waals surface area (Å²) in [5, 5.41) is 14.8. The predicted octanol–water partition coefficient (Wildman–Crippen LogP) is 4.59. The van der Waals surface area contributed by atoms with Crippen LogP contribution in [0.3, 0.4) is 0 Å². The number of nitrogen functional groups attached to an aromatic ring is 1. The molecule has 0 atom stereocenters. The highest BCUT2D eigenvalue weighted by Crippen LogP contribution is 2.32. The maximum atomic E-state index is 12.3. The van der Waals surface area contributed by atoms with Crippen LogP contribution in [0, 0.1) is 0 Å². The molecule has 0 radical (unpaired) electrons. The van der Waals surface area contributed by atoms with E-state index in [1.165, 1.54) is 6.33 Å². The van der Waals surface area contributed by atoms with Crippen LogP contribution in [-0.2, 0) is 5.41 Å². The third-order valence-corrected chi connectivity index (χ3v) is 4.94. The highest BCUT2D eigenvalue weighted by atomic mass is 16.5. The van der Waals surface area contributed by atoms with Gasteiger partial charge in [0.15, 0.2) is 5.65 Å². The number of fused-ring (bicyclic) bond motifs is 1. The zero-order valence-electron chi connectivity index (χ0n) is 18.7. The van der Waals surface area contributed by atoms with Crippen molar-refractivity contribution in [1.82, 2.24) is 24.9 Å². The van der Waals surface area contributed by atoms with Gasteiger partial charge in [0.25, 0.3) is 0 Å². The van der Waals surface area contributed by atoms with E-state index in [9.17, 15) is 4.79 Å². The van der Waals surface area contributed by atoms with Crippen molar-refractivity contribution in [3.63, 3.8) is 0 Å². The average molecular weight is 435 g/mol. The van der Waals surface area contributed by atoms with Gasteiger partial charge in [0.1, 0.15) is 17.8 Å². The lowest BCUT2D eigenvalue weighted by molar-refractivity contribution is 0.261. The molecule has 10 nitrogen and oxygen atoms in total. The molecule has 0 saturated carbocycles. The molecule has 4 N–H and O–H groups in total. The SMILES string of the molecule is CC(C)n1nc(-c2ccc(NC(=O)Nc3cc(C(C)(C)C)no3)cc2)c2c(N)ncnc21. The van der Waals surface area contributed by atoms with Crippen molar-refractivity contribution in [2.75, 3.05) is 16.4 Å². The van der Waals surface area contributed by atoms with Crippen LogP contribution in [0.1, 0.15) is 46.4 Å². The Morgan fingerprint density at radius 1 is 1.12 bits per heavy atom. The first-order valence-corrected chi connectivity index (χ1v) is 10.3. The van der Waals surface area contributed by atoms with E-state index in [2.05, 4.69) is 25.8 Å². The second-order valence-corrected chi connectivity index (χ2v) is 8.83. The molecule has 0 fully saturated rings. The van der Waals surface area contributed by atoms with Crippen LogP contribution in [0.25, 0.3) is 22.3 Å². The molecule has 0 bridgehead atoms. The normalized spacial score (nSPS) is 11.8. The number of nitrogens with one attached hydrogen (secondary N) is 2. The molecular formula is C22H26N8O2. The number of nitrogens with zero attached hydrogens (tertiary/aromatic N) is 5. The predicted molar refractivity (Wildman–Crippen MR) is 123 cm³/mol. The Balaban J connectivity index is 1.53. The van der Waals surface area contributed by atoms with Crippen molar-refractivity contribution >= 4 is 34.5 Å². The van der Waals surface area contributed by atoms with Crippen LogP contribution in [0.5, 0.6) is 0 Å². The van der Waals surface area contributed by atoms with Gasteiger partial charge in [0.05, 0.1) is 11.1 Å². The monoisotopic (exact) mass is 434 g/mol. The molecule has 0 aliphatic rings. The number of anilines is 3. The quantitative estimate of drug-likeness (QED) is 0.427. The van der Waals surface area contributed by atoms with Crippen LogP contribution in [0.2, 0.25) is 0 Å². The molecule has 0 saturated heterocycles. The van der Waals surface area contributed by atoms with Crippen molar-refractivity contribution < 1.29 is 9.32 Å². The number of nitrogens with two attached hydrogens (primary N) is 1. The molecule has 1 aromatic carbocycles. The summed E-state index contributed by atoms with van der Waals surface area (Å²) in [5.74, 6) is 0.658. The van der Waals surface area contributed by atoms with Crippen molar-refractivity contribution in [2.45, 2.75) is 46.1 Å². The van der Waals surface area contributed by atoms with Gasteiger partial charge in [0, 0.05) is 28.8 Å². The van der Waals surface area contributed by atoms with E-state index in [4.69, 9.17) is 15.4 Å². The molecule has 0 aliphatic carbocycles. The van der Waals surface area contributed by atoms with Crippen LogP contribution in [0.15, 0.2) is 41.2 Å². The van der Waals surface area contributed by atoms with Crippen molar-refractivity contribution in [1.29, 1.82) is 0 Å². The van der Waals surface area contributed by atoms with Gasteiger partial charge in [-0.05, 0) is 26.0 Å². The number of hydrogen-bond acceptors (Lipinski definition) is 7. The lowest BCUT2D eigenvalue weighted by Gasteiger charge is -2.12. The maximum Gasteiger partial charge on any atom is 0.326 e. The van der Waals surface area contributed by atoms with E-state index >= 15 is 0 Å². The van der Waals surface area contributed by atoms with Gasteiger partial charge in [-0.3, -0.25) is 5.32 Å². The van der Waals surface area contributed by atoms with E-state index in [0.717, 1.165) is 11.3 Å². The Kier molecular flexibility index (Phi) is 5.29. The Morgan fingerprint density at radius 2 is 1.84 bits per heavy atom.